The van der Waals surface area contributed by atoms with Gasteiger partial charge in [0.1, 0.15) is 5.75 Å². The molecule has 0 amide bonds. The molecule has 19 heavy (non-hydrogen) atoms. The van der Waals surface area contributed by atoms with Crippen LogP contribution in [-0.2, 0) is 0 Å². The quantitative estimate of drug-likeness (QED) is 0.790. The number of ether oxygens (including phenoxy) is 1. The molecule has 0 radical (unpaired) electrons. The topological polar surface area (TPSA) is 59.9 Å². The number of rotatable bonds is 4. The lowest BCUT2D eigenvalue weighted by Crippen LogP contribution is -1.94. The lowest BCUT2D eigenvalue weighted by atomic mass is 10.3. The number of nitrogens with zero attached hydrogens (tertiary/aromatic N) is 3. The first-order chi connectivity index (χ1) is 9.35. The molecule has 2 aromatic heterocycles. The molecular formula is C13H12N4OS. The molecule has 6 heteroatoms. The van der Waals surface area contributed by atoms with Gasteiger partial charge in [0.05, 0.1) is 16.8 Å². The van der Waals surface area contributed by atoms with Crippen molar-refractivity contribution in [3.63, 3.8) is 0 Å². The van der Waals surface area contributed by atoms with Crippen molar-refractivity contribution < 1.29 is 4.74 Å². The number of nitrogens with one attached hydrogen (secondary N) is 1. The zero-order valence-corrected chi connectivity index (χ0v) is 11.1. The van der Waals surface area contributed by atoms with Crippen LogP contribution >= 0.6 is 11.3 Å². The van der Waals surface area contributed by atoms with Crippen LogP contribution in [0.3, 0.4) is 0 Å². The lowest BCUT2D eigenvalue weighted by molar-refractivity contribution is 0.341. The van der Waals surface area contributed by atoms with E-state index in [1.54, 1.807) is 29.8 Å². The predicted octanol–water partition coefficient (Wildman–Crippen LogP) is 3.23. The highest BCUT2D eigenvalue weighted by Crippen LogP contribution is 2.30. The second-order valence-electron chi connectivity index (χ2n) is 3.78. The first-order valence-corrected chi connectivity index (χ1v) is 6.74. The van der Waals surface area contributed by atoms with Crippen LogP contribution in [0.4, 0.5) is 11.1 Å². The van der Waals surface area contributed by atoms with Crippen molar-refractivity contribution in [2.75, 3.05) is 11.9 Å². The highest BCUT2D eigenvalue weighted by Gasteiger charge is 2.06. The summed E-state index contributed by atoms with van der Waals surface area (Å²) in [5.74, 6) is 1.41. The van der Waals surface area contributed by atoms with Gasteiger partial charge in [-0.2, -0.15) is 0 Å². The van der Waals surface area contributed by atoms with E-state index < -0.39 is 0 Å². The van der Waals surface area contributed by atoms with Crippen LogP contribution < -0.4 is 10.1 Å². The molecule has 0 aliphatic rings. The molecule has 2 heterocycles. The smallest absolute Gasteiger partial charge is 0.228 e. The molecule has 0 bridgehead atoms. The number of thiazole rings is 1. The molecule has 0 aliphatic heterocycles. The van der Waals surface area contributed by atoms with Gasteiger partial charge in [0.15, 0.2) is 5.13 Å². The summed E-state index contributed by atoms with van der Waals surface area (Å²) in [6.07, 6.45) is 3.38. The molecule has 3 rings (SSSR count). The van der Waals surface area contributed by atoms with Crippen molar-refractivity contribution in [1.29, 1.82) is 0 Å². The number of benzene rings is 1. The van der Waals surface area contributed by atoms with Crippen molar-refractivity contribution in [1.82, 2.24) is 15.0 Å². The maximum atomic E-state index is 5.48. The first kappa shape index (κ1) is 11.9. The van der Waals surface area contributed by atoms with Crippen molar-refractivity contribution in [3.8, 4) is 5.75 Å². The van der Waals surface area contributed by atoms with Crippen LogP contribution in [0, 0.1) is 0 Å². The van der Waals surface area contributed by atoms with E-state index in [9.17, 15) is 0 Å². The van der Waals surface area contributed by atoms with Gasteiger partial charge in [-0.3, -0.25) is 0 Å². The SMILES string of the molecule is CCOc1ccc2nc(Nc3ncccn3)sc2c1. The third-order valence-electron chi connectivity index (χ3n) is 2.46. The van der Waals surface area contributed by atoms with Gasteiger partial charge in [0.2, 0.25) is 5.95 Å². The summed E-state index contributed by atoms with van der Waals surface area (Å²) in [5.41, 5.74) is 0.937. The average molecular weight is 272 g/mol. The normalized spacial score (nSPS) is 10.6. The highest BCUT2D eigenvalue weighted by molar-refractivity contribution is 7.22. The molecule has 0 aliphatic carbocycles. The number of hydrogen-bond donors (Lipinski definition) is 1. The van der Waals surface area contributed by atoms with E-state index in [0.29, 0.717) is 12.6 Å². The Bertz CT molecular complexity index is 683. The minimum Gasteiger partial charge on any atom is -0.494 e. The van der Waals surface area contributed by atoms with Crippen LogP contribution in [0.1, 0.15) is 6.92 Å². The number of hydrogen-bond acceptors (Lipinski definition) is 6. The Kier molecular flexibility index (Phi) is 3.24. The Hall–Kier alpha value is -2.21. The molecule has 0 unspecified atom stereocenters. The van der Waals surface area contributed by atoms with Crippen LogP contribution in [0.15, 0.2) is 36.7 Å². The summed E-state index contributed by atoms with van der Waals surface area (Å²) in [4.78, 5) is 12.7. The summed E-state index contributed by atoms with van der Waals surface area (Å²) < 4.78 is 6.55. The largest absolute Gasteiger partial charge is 0.494 e. The van der Waals surface area contributed by atoms with Gasteiger partial charge in [-0.25, -0.2) is 15.0 Å². The van der Waals surface area contributed by atoms with E-state index in [1.807, 2.05) is 25.1 Å². The molecule has 0 fully saturated rings. The van der Waals surface area contributed by atoms with E-state index in [0.717, 1.165) is 21.1 Å². The van der Waals surface area contributed by atoms with Gasteiger partial charge in [-0.05, 0) is 31.2 Å². The molecule has 5 nitrogen and oxygen atoms in total. The molecule has 96 valence electrons. The number of fused-ring (bicyclic) bond motifs is 1. The van der Waals surface area contributed by atoms with Crippen LogP contribution in [0.5, 0.6) is 5.75 Å². The van der Waals surface area contributed by atoms with Crippen LogP contribution in [0.25, 0.3) is 10.2 Å². The lowest BCUT2D eigenvalue weighted by Gasteiger charge is -2.00. The molecular weight excluding hydrogens is 260 g/mol. The van der Waals surface area contributed by atoms with Crippen molar-refractivity contribution in [2.24, 2.45) is 0 Å². The van der Waals surface area contributed by atoms with Crippen LogP contribution in [-0.4, -0.2) is 21.6 Å². The molecule has 0 saturated carbocycles. The van der Waals surface area contributed by atoms with Gasteiger partial charge >= 0.3 is 0 Å². The Labute approximate surface area is 114 Å². The molecule has 3 aromatic rings. The second kappa shape index (κ2) is 5.19. The van der Waals surface area contributed by atoms with E-state index in [-0.39, 0.29) is 0 Å². The Morgan fingerprint density at radius 2 is 2.11 bits per heavy atom. The molecule has 0 atom stereocenters. The molecule has 0 saturated heterocycles. The van der Waals surface area contributed by atoms with Crippen LogP contribution in [0.2, 0.25) is 0 Å². The molecule has 1 N–H and O–H groups in total. The van der Waals surface area contributed by atoms with Crippen molar-refractivity contribution in [3.05, 3.63) is 36.7 Å². The van der Waals surface area contributed by atoms with Gasteiger partial charge in [0, 0.05) is 12.4 Å². The minimum absolute atomic E-state index is 0.548. The summed E-state index contributed by atoms with van der Waals surface area (Å²) >= 11 is 1.55. The second-order valence-corrected chi connectivity index (χ2v) is 4.81. The Morgan fingerprint density at radius 1 is 1.26 bits per heavy atom. The highest BCUT2D eigenvalue weighted by atomic mass is 32.1. The van der Waals surface area contributed by atoms with E-state index >= 15 is 0 Å². The molecule has 0 spiro atoms. The fourth-order valence-corrected chi connectivity index (χ4v) is 2.56. The summed E-state index contributed by atoms with van der Waals surface area (Å²) in [6, 6.07) is 7.65. The number of aromatic nitrogens is 3. The van der Waals surface area contributed by atoms with E-state index in [2.05, 4.69) is 20.3 Å². The summed E-state index contributed by atoms with van der Waals surface area (Å²) in [5, 5.41) is 3.86. The third kappa shape index (κ3) is 2.63. The number of anilines is 2. The maximum absolute atomic E-state index is 5.48. The van der Waals surface area contributed by atoms with E-state index in [4.69, 9.17) is 4.74 Å². The minimum atomic E-state index is 0.548. The summed E-state index contributed by atoms with van der Waals surface area (Å²) in [7, 11) is 0. The fourth-order valence-electron chi connectivity index (χ4n) is 1.67. The standard InChI is InChI=1S/C13H12N4OS/c1-2-18-9-4-5-10-11(8-9)19-13(16-10)17-12-14-6-3-7-15-12/h3-8H,2H2,1H3,(H,14,15,16,17). The third-order valence-corrected chi connectivity index (χ3v) is 3.39. The average Bonchev–Trinajstić information content (AvgIpc) is 2.82. The fraction of sp³-hybridized carbons (Fsp3) is 0.154. The van der Waals surface area contributed by atoms with Gasteiger partial charge < -0.3 is 10.1 Å². The zero-order valence-electron chi connectivity index (χ0n) is 10.3. The first-order valence-electron chi connectivity index (χ1n) is 5.92. The van der Waals surface area contributed by atoms with E-state index in [1.165, 1.54) is 0 Å². The van der Waals surface area contributed by atoms with Gasteiger partial charge in [-0.1, -0.05) is 11.3 Å². The van der Waals surface area contributed by atoms with Gasteiger partial charge in [-0.15, -0.1) is 0 Å². The van der Waals surface area contributed by atoms with Gasteiger partial charge in [0.25, 0.3) is 0 Å². The Balaban J connectivity index is 1.89. The predicted molar refractivity (Wildman–Crippen MR) is 76.1 cm³/mol. The van der Waals surface area contributed by atoms with Crippen molar-refractivity contribution >= 4 is 32.6 Å². The Morgan fingerprint density at radius 3 is 2.89 bits per heavy atom. The summed E-state index contributed by atoms with van der Waals surface area (Å²) in [6.45, 7) is 2.63. The monoisotopic (exact) mass is 272 g/mol. The molecule has 1 aromatic carbocycles. The maximum Gasteiger partial charge on any atom is 0.228 e. The van der Waals surface area contributed by atoms with Crippen molar-refractivity contribution in [2.45, 2.75) is 6.92 Å². The zero-order chi connectivity index (χ0) is 13.1.